The fourth-order valence-corrected chi connectivity index (χ4v) is 4.24. The molecule has 0 radical (unpaired) electrons. The first kappa shape index (κ1) is 19.1. The molecule has 0 atom stereocenters. The van der Waals surface area contributed by atoms with Gasteiger partial charge in [0.25, 0.3) is 5.69 Å². The molecule has 0 amide bonds. The molecular weight excluding hydrogens is 393 g/mol. The molecule has 7 nitrogen and oxygen atoms in total. The predicted molar refractivity (Wildman–Crippen MR) is 99.5 cm³/mol. The maximum atomic E-state index is 13.0. The van der Waals surface area contributed by atoms with E-state index in [1.807, 2.05) is 0 Å². The van der Waals surface area contributed by atoms with Crippen molar-refractivity contribution in [3.8, 4) is 10.6 Å². The molecule has 0 aliphatic carbocycles. The summed E-state index contributed by atoms with van der Waals surface area (Å²) in [7, 11) is -3.86. The zero-order chi connectivity index (χ0) is 19.4. The number of thiazole rings is 1. The van der Waals surface area contributed by atoms with Crippen molar-refractivity contribution in [2.24, 2.45) is 0 Å². The average molecular weight is 407 g/mol. The van der Waals surface area contributed by atoms with E-state index in [0.717, 1.165) is 11.6 Å². The summed E-state index contributed by atoms with van der Waals surface area (Å²) in [5.74, 6) is -0.328. The van der Waals surface area contributed by atoms with Gasteiger partial charge in [0.15, 0.2) is 0 Å². The summed E-state index contributed by atoms with van der Waals surface area (Å²) < 4.78 is 39.9. The van der Waals surface area contributed by atoms with E-state index in [-0.39, 0.29) is 22.9 Å². The third kappa shape index (κ3) is 4.73. The topological polar surface area (TPSA) is 102 Å². The summed E-state index contributed by atoms with van der Waals surface area (Å²) in [6, 6.07) is 10.8. The fourth-order valence-electron chi connectivity index (χ4n) is 2.31. The van der Waals surface area contributed by atoms with Crippen molar-refractivity contribution in [3.05, 3.63) is 75.5 Å². The highest BCUT2D eigenvalue weighted by molar-refractivity contribution is 7.89. The molecule has 0 spiro atoms. The van der Waals surface area contributed by atoms with Crippen molar-refractivity contribution in [3.63, 3.8) is 0 Å². The van der Waals surface area contributed by atoms with Crippen LogP contribution in [-0.2, 0) is 16.4 Å². The summed E-state index contributed by atoms with van der Waals surface area (Å²) in [4.78, 5) is 14.4. The first-order valence-corrected chi connectivity index (χ1v) is 10.2. The van der Waals surface area contributed by atoms with Crippen LogP contribution < -0.4 is 4.72 Å². The van der Waals surface area contributed by atoms with Crippen LogP contribution in [0.25, 0.3) is 10.6 Å². The normalized spacial score (nSPS) is 11.4. The summed E-state index contributed by atoms with van der Waals surface area (Å²) in [5.41, 5.74) is 1.19. The zero-order valence-electron chi connectivity index (χ0n) is 13.8. The average Bonchev–Trinajstić information content (AvgIpc) is 3.11. The Labute approximate surface area is 158 Å². The van der Waals surface area contributed by atoms with Gasteiger partial charge in [-0.3, -0.25) is 10.1 Å². The zero-order valence-corrected chi connectivity index (χ0v) is 15.5. The lowest BCUT2D eigenvalue weighted by molar-refractivity contribution is -0.385. The van der Waals surface area contributed by atoms with E-state index in [4.69, 9.17) is 0 Å². The molecule has 1 aromatic heterocycles. The Morgan fingerprint density at radius 1 is 1.19 bits per heavy atom. The van der Waals surface area contributed by atoms with Crippen LogP contribution in [0.1, 0.15) is 5.69 Å². The number of aromatic nitrogens is 1. The second-order valence-electron chi connectivity index (χ2n) is 5.55. The van der Waals surface area contributed by atoms with Gasteiger partial charge < -0.3 is 0 Å². The summed E-state index contributed by atoms with van der Waals surface area (Å²) in [5, 5.41) is 13.3. The number of halogens is 1. The van der Waals surface area contributed by atoms with Crippen molar-refractivity contribution >= 4 is 27.0 Å². The molecule has 0 aliphatic rings. The Kier molecular flexibility index (Phi) is 5.59. The first-order valence-electron chi connectivity index (χ1n) is 7.79. The van der Waals surface area contributed by atoms with E-state index in [2.05, 4.69) is 9.71 Å². The van der Waals surface area contributed by atoms with E-state index in [9.17, 15) is 22.9 Å². The van der Waals surface area contributed by atoms with Gasteiger partial charge in [-0.2, -0.15) is 0 Å². The van der Waals surface area contributed by atoms with Crippen molar-refractivity contribution in [2.45, 2.75) is 11.3 Å². The van der Waals surface area contributed by atoms with Crippen LogP contribution in [0.15, 0.2) is 58.8 Å². The van der Waals surface area contributed by atoms with Gasteiger partial charge in [-0.25, -0.2) is 22.5 Å². The standard InChI is InChI=1S/C17H14FN3O4S2/c18-13-6-4-12(5-7-13)17-20-14(11-26-17)8-9-19-27(24,25)16-3-1-2-15(10-16)21(22)23/h1-7,10-11,19H,8-9H2. The van der Waals surface area contributed by atoms with Crippen molar-refractivity contribution in [1.82, 2.24) is 9.71 Å². The highest BCUT2D eigenvalue weighted by Crippen LogP contribution is 2.24. The quantitative estimate of drug-likeness (QED) is 0.478. The van der Waals surface area contributed by atoms with Crippen LogP contribution in [0.3, 0.4) is 0 Å². The Hall–Kier alpha value is -2.69. The van der Waals surface area contributed by atoms with Crippen molar-refractivity contribution in [1.29, 1.82) is 0 Å². The highest BCUT2D eigenvalue weighted by atomic mass is 32.2. The lowest BCUT2D eigenvalue weighted by atomic mass is 10.2. The molecule has 140 valence electrons. The van der Waals surface area contributed by atoms with Crippen molar-refractivity contribution < 1.29 is 17.7 Å². The number of nitro groups is 1. The van der Waals surface area contributed by atoms with Gasteiger partial charge in [-0.15, -0.1) is 11.3 Å². The smallest absolute Gasteiger partial charge is 0.258 e. The fraction of sp³-hybridized carbons (Fsp3) is 0.118. The summed E-state index contributed by atoms with van der Waals surface area (Å²) in [6.45, 7) is 0.0949. The van der Waals surface area contributed by atoms with E-state index >= 15 is 0 Å². The molecule has 0 fully saturated rings. The number of nitrogens with zero attached hydrogens (tertiary/aromatic N) is 2. The highest BCUT2D eigenvalue weighted by Gasteiger charge is 2.17. The SMILES string of the molecule is O=[N+]([O-])c1cccc(S(=O)(=O)NCCc2csc(-c3ccc(F)cc3)n2)c1. The third-order valence-corrected chi connectivity index (χ3v) is 6.05. The minimum atomic E-state index is -3.86. The molecule has 0 bridgehead atoms. The molecule has 0 saturated carbocycles. The number of hydrogen-bond acceptors (Lipinski definition) is 6. The Balaban J connectivity index is 1.63. The molecule has 0 saturated heterocycles. The lowest BCUT2D eigenvalue weighted by Crippen LogP contribution is -2.26. The number of sulfonamides is 1. The number of non-ortho nitro benzene ring substituents is 1. The minimum absolute atomic E-state index is 0.0949. The van der Waals surface area contributed by atoms with Crippen LogP contribution in [0.2, 0.25) is 0 Å². The number of benzene rings is 2. The molecule has 1 N–H and O–H groups in total. The van der Waals surface area contributed by atoms with E-state index < -0.39 is 14.9 Å². The van der Waals surface area contributed by atoms with E-state index in [1.165, 1.54) is 41.7 Å². The summed E-state index contributed by atoms with van der Waals surface area (Å²) >= 11 is 1.38. The van der Waals surface area contributed by atoms with Gasteiger partial charge in [0, 0.05) is 36.0 Å². The monoisotopic (exact) mass is 407 g/mol. The molecule has 3 aromatic rings. The molecule has 0 aliphatic heterocycles. The second kappa shape index (κ2) is 7.91. The predicted octanol–water partition coefficient (Wildman–Crippen LogP) is 3.38. The molecule has 0 unspecified atom stereocenters. The number of nitro benzene ring substituents is 1. The van der Waals surface area contributed by atoms with Crippen LogP contribution in [-0.4, -0.2) is 24.9 Å². The maximum Gasteiger partial charge on any atom is 0.270 e. The van der Waals surface area contributed by atoms with Gasteiger partial charge in [0.2, 0.25) is 10.0 Å². The molecule has 1 heterocycles. The van der Waals surface area contributed by atoms with Crippen LogP contribution >= 0.6 is 11.3 Å². The molecular formula is C17H14FN3O4S2. The number of nitrogens with one attached hydrogen (secondary N) is 1. The van der Waals surface area contributed by atoms with Gasteiger partial charge in [0.1, 0.15) is 10.8 Å². The second-order valence-corrected chi connectivity index (χ2v) is 8.18. The first-order chi connectivity index (χ1) is 12.8. The van der Waals surface area contributed by atoms with Gasteiger partial charge in [0.05, 0.1) is 15.5 Å². The van der Waals surface area contributed by atoms with Gasteiger partial charge in [-0.1, -0.05) is 6.07 Å². The van der Waals surface area contributed by atoms with Gasteiger partial charge in [-0.05, 0) is 30.3 Å². The Morgan fingerprint density at radius 3 is 2.63 bits per heavy atom. The van der Waals surface area contributed by atoms with E-state index in [1.54, 1.807) is 17.5 Å². The van der Waals surface area contributed by atoms with Crippen LogP contribution in [0.5, 0.6) is 0 Å². The van der Waals surface area contributed by atoms with Crippen LogP contribution in [0, 0.1) is 15.9 Å². The Morgan fingerprint density at radius 2 is 1.93 bits per heavy atom. The van der Waals surface area contributed by atoms with Gasteiger partial charge >= 0.3 is 0 Å². The molecule has 3 rings (SSSR count). The Bertz CT molecular complexity index is 1070. The number of hydrogen-bond donors (Lipinski definition) is 1. The molecule has 27 heavy (non-hydrogen) atoms. The lowest BCUT2D eigenvalue weighted by Gasteiger charge is -2.05. The maximum absolute atomic E-state index is 13.0. The van der Waals surface area contributed by atoms with Crippen molar-refractivity contribution in [2.75, 3.05) is 6.54 Å². The minimum Gasteiger partial charge on any atom is -0.258 e. The molecule has 10 heteroatoms. The third-order valence-electron chi connectivity index (χ3n) is 3.65. The largest absolute Gasteiger partial charge is 0.270 e. The molecule has 2 aromatic carbocycles. The summed E-state index contributed by atoms with van der Waals surface area (Å²) in [6.07, 6.45) is 0.353. The van der Waals surface area contributed by atoms with Crippen LogP contribution in [0.4, 0.5) is 10.1 Å². The number of rotatable bonds is 7. The van der Waals surface area contributed by atoms with E-state index in [0.29, 0.717) is 17.1 Å².